The molecule has 2 aliphatic heterocycles. The molecule has 0 aromatic carbocycles. The minimum atomic E-state index is -0.0756. The molecule has 1 amide bonds. The van der Waals surface area contributed by atoms with Crippen LogP contribution in [-0.4, -0.2) is 28.1 Å². The van der Waals surface area contributed by atoms with Gasteiger partial charge >= 0.3 is 0 Å². The first-order valence-corrected chi connectivity index (χ1v) is 9.07. The number of nitrogens with one attached hydrogen (secondary N) is 1. The molecule has 6 heteroatoms. The number of nitrogens with zero attached hydrogens (tertiary/aromatic N) is 2. The fourth-order valence-corrected chi connectivity index (χ4v) is 4.54. The molecule has 0 fully saturated rings. The van der Waals surface area contributed by atoms with E-state index < -0.39 is 0 Å². The maximum Gasteiger partial charge on any atom is 0.223 e. The number of rotatable bonds is 3. The van der Waals surface area contributed by atoms with E-state index in [1.54, 1.807) is 11.3 Å². The van der Waals surface area contributed by atoms with Crippen LogP contribution in [0.5, 0.6) is 0 Å². The molecule has 0 bridgehead atoms. The normalized spacial score (nSPS) is 23.2. The number of imidazole rings is 1. The van der Waals surface area contributed by atoms with E-state index in [9.17, 15) is 4.79 Å². The molecule has 0 unspecified atom stereocenters. The van der Waals surface area contributed by atoms with Gasteiger partial charge in [-0.25, -0.2) is 4.98 Å². The molecular weight excluding hydrogens is 310 g/mol. The second-order valence-electron chi connectivity index (χ2n) is 6.38. The Kier molecular flexibility index (Phi) is 3.95. The number of hydrogen-bond acceptors (Lipinski definition) is 4. The first-order valence-electron chi connectivity index (χ1n) is 8.19. The molecule has 0 saturated heterocycles. The fourth-order valence-electron chi connectivity index (χ4n) is 3.53. The average molecular weight is 331 g/mol. The van der Waals surface area contributed by atoms with Gasteiger partial charge in [0.05, 0.1) is 18.7 Å². The number of hydrogen-bond donors (Lipinski definition) is 1. The third kappa shape index (κ3) is 3.05. The first kappa shape index (κ1) is 14.9. The van der Waals surface area contributed by atoms with Crippen molar-refractivity contribution in [1.82, 2.24) is 14.9 Å². The molecule has 2 aromatic heterocycles. The number of thiophene rings is 1. The summed E-state index contributed by atoms with van der Waals surface area (Å²) in [6, 6.07) is 2.34. The minimum absolute atomic E-state index is 0.0756. The van der Waals surface area contributed by atoms with Gasteiger partial charge in [0.25, 0.3) is 0 Å². The second-order valence-corrected chi connectivity index (χ2v) is 7.33. The molecule has 4 rings (SSSR count). The monoisotopic (exact) mass is 331 g/mol. The lowest BCUT2D eigenvalue weighted by atomic mass is 10.0. The number of ether oxygens (including phenoxy) is 1. The maximum atomic E-state index is 12.4. The Morgan fingerprint density at radius 2 is 2.43 bits per heavy atom. The van der Waals surface area contributed by atoms with Crippen molar-refractivity contribution in [3.63, 3.8) is 0 Å². The topological polar surface area (TPSA) is 56.2 Å². The fraction of sp³-hybridized carbons (Fsp3) is 0.529. The number of carbonyl (C=O) groups excluding carboxylic acids is 1. The van der Waals surface area contributed by atoms with E-state index in [2.05, 4.69) is 32.5 Å². The minimum Gasteiger partial charge on any atom is -0.372 e. The van der Waals surface area contributed by atoms with Crippen LogP contribution in [0.1, 0.15) is 40.9 Å². The summed E-state index contributed by atoms with van der Waals surface area (Å²) in [6.45, 7) is 3.54. The van der Waals surface area contributed by atoms with Gasteiger partial charge < -0.3 is 14.6 Å². The van der Waals surface area contributed by atoms with Crippen molar-refractivity contribution in [2.24, 2.45) is 0 Å². The van der Waals surface area contributed by atoms with Crippen molar-refractivity contribution in [3.8, 4) is 0 Å². The number of aryl methyl sites for hydroxylation is 2. The Labute approximate surface area is 139 Å². The predicted octanol–water partition coefficient (Wildman–Crippen LogP) is 2.39. The third-order valence-electron chi connectivity index (χ3n) is 4.61. The number of amides is 1. The summed E-state index contributed by atoms with van der Waals surface area (Å²) in [5.74, 6) is 1.22. The van der Waals surface area contributed by atoms with Crippen LogP contribution < -0.4 is 5.32 Å². The summed E-state index contributed by atoms with van der Waals surface area (Å²) in [5.41, 5.74) is 2.39. The highest BCUT2D eigenvalue weighted by atomic mass is 32.1. The lowest BCUT2D eigenvalue weighted by molar-refractivity contribution is -0.125. The van der Waals surface area contributed by atoms with Gasteiger partial charge in [-0.3, -0.25) is 4.79 Å². The van der Waals surface area contributed by atoms with E-state index in [4.69, 9.17) is 4.74 Å². The average Bonchev–Trinajstić information content (AvgIpc) is 3.12. The first-order chi connectivity index (χ1) is 11.2. The predicted molar refractivity (Wildman–Crippen MR) is 88.5 cm³/mol. The van der Waals surface area contributed by atoms with Crippen LogP contribution in [-0.2, 0) is 28.9 Å². The van der Waals surface area contributed by atoms with Gasteiger partial charge in [0.2, 0.25) is 5.91 Å². The molecular formula is C17H21N3O2S. The summed E-state index contributed by atoms with van der Waals surface area (Å²) >= 11 is 1.70. The Morgan fingerprint density at radius 3 is 3.35 bits per heavy atom. The van der Waals surface area contributed by atoms with Crippen molar-refractivity contribution < 1.29 is 9.53 Å². The van der Waals surface area contributed by atoms with Gasteiger partial charge in [0.1, 0.15) is 11.9 Å². The molecule has 2 aliphatic rings. The molecule has 122 valence electrons. The van der Waals surface area contributed by atoms with Gasteiger partial charge in [0, 0.05) is 30.1 Å². The molecule has 0 radical (unpaired) electrons. The molecule has 2 atom stereocenters. The van der Waals surface area contributed by atoms with Crippen molar-refractivity contribution in [2.75, 3.05) is 6.61 Å². The van der Waals surface area contributed by atoms with E-state index in [1.807, 2.05) is 6.92 Å². The number of carbonyl (C=O) groups is 1. The Morgan fingerprint density at radius 1 is 1.52 bits per heavy atom. The van der Waals surface area contributed by atoms with Gasteiger partial charge in [0.15, 0.2) is 0 Å². The van der Waals surface area contributed by atoms with E-state index in [0.29, 0.717) is 13.0 Å². The van der Waals surface area contributed by atoms with Gasteiger partial charge in [-0.05, 0) is 36.8 Å². The summed E-state index contributed by atoms with van der Waals surface area (Å²) in [6.07, 6.45) is 5.25. The summed E-state index contributed by atoms with van der Waals surface area (Å²) in [4.78, 5) is 18.2. The molecule has 2 aromatic rings. The lowest BCUT2D eigenvalue weighted by Gasteiger charge is -2.27. The highest BCUT2D eigenvalue weighted by Gasteiger charge is 2.27. The van der Waals surface area contributed by atoms with E-state index in [-0.39, 0.29) is 18.1 Å². The molecule has 4 heterocycles. The standard InChI is InChI=1S/C17H21N3O2S/c1-11-9-20-10-13(2-3-15(20)18-11)19-16(21)8-14-17-12(4-6-22-14)5-7-23-17/h5,7,9,13-14H,2-4,6,8,10H2,1H3,(H,19,21)/t13-,14+/m1/s1. The van der Waals surface area contributed by atoms with E-state index >= 15 is 0 Å². The smallest absolute Gasteiger partial charge is 0.223 e. The highest BCUT2D eigenvalue weighted by molar-refractivity contribution is 7.10. The molecule has 5 nitrogen and oxygen atoms in total. The van der Waals surface area contributed by atoms with Crippen LogP contribution in [0.25, 0.3) is 0 Å². The largest absolute Gasteiger partial charge is 0.372 e. The van der Waals surface area contributed by atoms with Crippen molar-refractivity contribution in [3.05, 3.63) is 39.6 Å². The Balaban J connectivity index is 1.37. The van der Waals surface area contributed by atoms with E-state index in [0.717, 1.165) is 37.3 Å². The van der Waals surface area contributed by atoms with Crippen LogP contribution in [0, 0.1) is 6.92 Å². The lowest BCUT2D eigenvalue weighted by Crippen LogP contribution is -2.41. The molecule has 0 spiro atoms. The second kappa shape index (κ2) is 6.09. The zero-order valence-corrected chi connectivity index (χ0v) is 14.1. The SMILES string of the molecule is Cc1cn2c(n1)CC[C@@H](NC(=O)C[C@@H]1OCCc3ccsc31)C2. The molecule has 0 aliphatic carbocycles. The maximum absolute atomic E-state index is 12.4. The van der Waals surface area contributed by atoms with Crippen LogP contribution >= 0.6 is 11.3 Å². The van der Waals surface area contributed by atoms with Gasteiger partial charge in [-0.2, -0.15) is 0 Å². The van der Waals surface area contributed by atoms with Crippen LogP contribution in [0.15, 0.2) is 17.6 Å². The quantitative estimate of drug-likeness (QED) is 0.939. The van der Waals surface area contributed by atoms with Crippen molar-refractivity contribution >= 4 is 17.2 Å². The van der Waals surface area contributed by atoms with Crippen LogP contribution in [0.3, 0.4) is 0 Å². The Hall–Kier alpha value is -1.66. The Bertz CT molecular complexity index is 721. The van der Waals surface area contributed by atoms with Crippen LogP contribution in [0.2, 0.25) is 0 Å². The summed E-state index contributed by atoms with van der Waals surface area (Å²) in [5, 5.41) is 5.27. The summed E-state index contributed by atoms with van der Waals surface area (Å²) in [7, 11) is 0. The van der Waals surface area contributed by atoms with Gasteiger partial charge in [-0.1, -0.05) is 0 Å². The zero-order valence-electron chi connectivity index (χ0n) is 13.2. The van der Waals surface area contributed by atoms with Crippen molar-refractivity contribution in [1.29, 1.82) is 0 Å². The molecule has 0 saturated carbocycles. The van der Waals surface area contributed by atoms with E-state index in [1.165, 1.54) is 10.4 Å². The molecule has 23 heavy (non-hydrogen) atoms. The van der Waals surface area contributed by atoms with Crippen LogP contribution in [0.4, 0.5) is 0 Å². The van der Waals surface area contributed by atoms with Crippen molar-refractivity contribution in [2.45, 2.75) is 51.3 Å². The number of fused-ring (bicyclic) bond motifs is 2. The zero-order chi connectivity index (χ0) is 15.8. The number of aromatic nitrogens is 2. The summed E-state index contributed by atoms with van der Waals surface area (Å²) < 4.78 is 7.98. The van der Waals surface area contributed by atoms with Gasteiger partial charge in [-0.15, -0.1) is 11.3 Å². The third-order valence-corrected chi connectivity index (χ3v) is 5.66. The molecule has 1 N–H and O–H groups in total. The highest BCUT2D eigenvalue weighted by Crippen LogP contribution is 2.33.